The van der Waals surface area contributed by atoms with Crippen LogP contribution in [0.5, 0.6) is 0 Å². The Balaban J connectivity index is 1.63. The van der Waals surface area contributed by atoms with Crippen LogP contribution in [0.25, 0.3) is 0 Å². The summed E-state index contributed by atoms with van der Waals surface area (Å²) < 4.78 is 24.0. The summed E-state index contributed by atoms with van der Waals surface area (Å²) in [4.78, 5) is 11.9. The van der Waals surface area contributed by atoms with Crippen LogP contribution in [0.15, 0.2) is 30.3 Å². The lowest BCUT2D eigenvalue weighted by Gasteiger charge is -2.42. The number of Topliss-reactive ketones (excluding diaryl/α,β-unsaturated/α-hetero) is 1. The number of carbonyl (C=O) groups is 1. The molecule has 3 rings (SSSR count). The Labute approximate surface area is 149 Å². The van der Waals surface area contributed by atoms with Gasteiger partial charge in [0.15, 0.2) is 5.79 Å². The molecule has 1 heterocycles. The van der Waals surface area contributed by atoms with E-state index in [0.717, 1.165) is 24.8 Å². The van der Waals surface area contributed by atoms with Crippen LogP contribution in [0.2, 0.25) is 0 Å². The van der Waals surface area contributed by atoms with Crippen molar-refractivity contribution in [2.45, 2.75) is 76.7 Å². The SMILES string of the molecule is CC(=O)C[C@@]12OC(C)(C)O[C@@H]1CCC[C@@H]2OCOCc1ccccc1. The van der Waals surface area contributed by atoms with Crippen LogP contribution in [0, 0.1) is 0 Å². The van der Waals surface area contributed by atoms with E-state index in [9.17, 15) is 4.79 Å². The van der Waals surface area contributed by atoms with Gasteiger partial charge < -0.3 is 18.9 Å². The second-order valence-electron chi connectivity index (χ2n) is 7.48. The van der Waals surface area contributed by atoms with Crippen molar-refractivity contribution in [1.82, 2.24) is 0 Å². The van der Waals surface area contributed by atoms with Crippen molar-refractivity contribution in [1.29, 1.82) is 0 Å². The molecule has 0 aromatic heterocycles. The molecular weight excluding hydrogens is 320 g/mol. The standard InChI is InChI=1S/C20H28O5/c1-15(21)12-20-17(10-7-11-18(20)24-19(2,3)25-20)23-14-22-13-16-8-5-4-6-9-16/h4-6,8-9,17-18H,7,10-14H2,1-3H3/t17-,18+,20-/m0/s1. The zero-order valence-corrected chi connectivity index (χ0v) is 15.3. The van der Waals surface area contributed by atoms with Gasteiger partial charge in [-0.05, 0) is 45.6 Å². The Bertz CT molecular complexity index is 585. The van der Waals surface area contributed by atoms with E-state index in [1.54, 1.807) is 6.92 Å². The van der Waals surface area contributed by atoms with Crippen molar-refractivity contribution in [2.75, 3.05) is 6.79 Å². The first-order valence-corrected chi connectivity index (χ1v) is 9.02. The van der Waals surface area contributed by atoms with Crippen LogP contribution in [0.4, 0.5) is 0 Å². The molecule has 1 aromatic carbocycles. The van der Waals surface area contributed by atoms with Crippen LogP contribution in [0.1, 0.15) is 52.0 Å². The minimum absolute atomic E-state index is 0.0898. The molecule has 3 atom stereocenters. The van der Waals surface area contributed by atoms with Gasteiger partial charge in [0.05, 0.1) is 18.8 Å². The van der Waals surface area contributed by atoms with E-state index in [2.05, 4.69) is 0 Å². The first-order valence-electron chi connectivity index (χ1n) is 9.02. The smallest absolute Gasteiger partial charge is 0.164 e. The summed E-state index contributed by atoms with van der Waals surface area (Å²) in [5.41, 5.74) is 0.400. The maximum absolute atomic E-state index is 11.9. The lowest BCUT2D eigenvalue weighted by Crippen LogP contribution is -2.55. The van der Waals surface area contributed by atoms with E-state index in [-0.39, 0.29) is 24.8 Å². The molecule has 5 heteroatoms. The van der Waals surface area contributed by atoms with Crippen LogP contribution < -0.4 is 0 Å². The molecule has 2 fully saturated rings. The molecule has 2 aliphatic rings. The summed E-state index contributed by atoms with van der Waals surface area (Å²) in [6, 6.07) is 9.99. The van der Waals surface area contributed by atoms with Crippen LogP contribution in [-0.4, -0.2) is 36.2 Å². The number of benzene rings is 1. The maximum atomic E-state index is 11.9. The third-order valence-electron chi connectivity index (χ3n) is 4.87. The molecule has 0 bridgehead atoms. The fourth-order valence-corrected chi connectivity index (χ4v) is 4.04. The minimum Gasteiger partial charge on any atom is -0.351 e. The molecule has 0 radical (unpaired) electrons. The van der Waals surface area contributed by atoms with Gasteiger partial charge in [-0.2, -0.15) is 0 Å². The first kappa shape index (κ1) is 18.5. The van der Waals surface area contributed by atoms with Gasteiger partial charge in [0, 0.05) is 6.42 Å². The van der Waals surface area contributed by atoms with Gasteiger partial charge >= 0.3 is 0 Å². The van der Waals surface area contributed by atoms with Gasteiger partial charge in [0.2, 0.25) is 0 Å². The minimum atomic E-state index is -0.705. The van der Waals surface area contributed by atoms with Gasteiger partial charge in [0.25, 0.3) is 0 Å². The summed E-state index contributed by atoms with van der Waals surface area (Å²) in [6.45, 7) is 6.07. The lowest BCUT2D eigenvalue weighted by molar-refractivity contribution is -0.216. The number of hydrogen-bond donors (Lipinski definition) is 0. The van der Waals surface area contributed by atoms with Gasteiger partial charge in [0.1, 0.15) is 18.2 Å². The molecule has 5 nitrogen and oxygen atoms in total. The Morgan fingerprint density at radius 1 is 1.24 bits per heavy atom. The van der Waals surface area contributed by atoms with E-state index in [0.29, 0.717) is 13.0 Å². The highest BCUT2D eigenvalue weighted by atomic mass is 16.8. The highest BCUT2D eigenvalue weighted by Gasteiger charge is 2.59. The summed E-state index contributed by atoms with van der Waals surface area (Å²) in [5, 5.41) is 0. The molecule has 1 aliphatic carbocycles. The predicted molar refractivity (Wildman–Crippen MR) is 92.9 cm³/mol. The van der Waals surface area contributed by atoms with Crippen LogP contribution in [0.3, 0.4) is 0 Å². The largest absolute Gasteiger partial charge is 0.351 e. The molecule has 25 heavy (non-hydrogen) atoms. The summed E-state index contributed by atoms with van der Waals surface area (Å²) >= 11 is 0. The summed E-state index contributed by atoms with van der Waals surface area (Å²) in [7, 11) is 0. The third-order valence-corrected chi connectivity index (χ3v) is 4.87. The Kier molecular flexibility index (Phi) is 5.58. The fraction of sp³-hybridized carbons (Fsp3) is 0.650. The summed E-state index contributed by atoms with van der Waals surface area (Å²) in [5.74, 6) is -0.608. The van der Waals surface area contributed by atoms with Gasteiger partial charge in [-0.25, -0.2) is 0 Å². The average Bonchev–Trinajstić information content (AvgIpc) is 2.82. The van der Waals surface area contributed by atoms with E-state index in [4.69, 9.17) is 18.9 Å². The Morgan fingerprint density at radius 2 is 2.00 bits per heavy atom. The Morgan fingerprint density at radius 3 is 2.72 bits per heavy atom. The second-order valence-corrected chi connectivity index (χ2v) is 7.48. The van der Waals surface area contributed by atoms with Crippen LogP contribution in [-0.2, 0) is 30.3 Å². The molecule has 0 spiro atoms. The maximum Gasteiger partial charge on any atom is 0.164 e. The van der Waals surface area contributed by atoms with E-state index in [1.165, 1.54) is 0 Å². The van der Waals surface area contributed by atoms with E-state index in [1.807, 2.05) is 44.2 Å². The molecule has 0 N–H and O–H groups in total. The van der Waals surface area contributed by atoms with Crippen molar-refractivity contribution in [2.24, 2.45) is 0 Å². The number of ketones is 1. The van der Waals surface area contributed by atoms with E-state index < -0.39 is 11.4 Å². The number of ether oxygens (including phenoxy) is 4. The highest BCUT2D eigenvalue weighted by Crippen LogP contribution is 2.48. The fourth-order valence-electron chi connectivity index (χ4n) is 4.04. The van der Waals surface area contributed by atoms with Gasteiger partial charge in [-0.1, -0.05) is 30.3 Å². The molecular formula is C20H28O5. The van der Waals surface area contributed by atoms with Crippen molar-refractivity contribution in [3.63, 3.8) is 0 Å². The topological polar surface area (TPSA) is 54.0 Å². The Hall–Kier alpha value is -1.27. The van der Waals surface area contributed by atoms with E-state index >= 15 is 0 Å². The molecule has 1 saturated heterocycles. The molecule has 1 aromatic rings. The van der Waals surface area contributed by atoms with Gasteiger partial charge in [-0.3, -0.25) is 4.79 Å². The zero-order valence-electron chi connectivity index (χ0n) is 15.3. The van der Waals surface area contributed by atoms with Gasteiger partial charge in [-0.15, -0.1) is 0 Å². The number of carbonyl (C=O) groups excluding carboxylic acids is 1. The van der Waals surface area contributed by atoms with Crippen LogP contribution >= 0.6 is 0 Å². The third kappa shape index (κ3) is 4.29. The lowest BCUT2D eigenvalue weighted by atomic mass is 9.76. The molecule has 0 unspecified atom stereocenters. The monoisotopic (exact) mass is 348 g/mol. The summed E-state index contributed by atoms with van der Waals surface area (Å²) in [6.07, 6.45) is 2.73. The number of hydrogen-bond acceptors (Lipinski definition) is 5. The normalized spacial score (nSPS) is 30.8. The molecule has 1 aliphatic heterocycles. The quantitative estimate of drug-likeness (QED) is 0.557. The predicted octanol–water partition coefficient (Wildman–Crippen LogP) is 3.60. The molecule has 138 valence electrons. The number of rotatable bonds is 7. The van der Waals surface area contributed by atoms with Crippen molar-refractivity contribution in [3.05, 3.63) is 35.9 Å². The number of fused-ring (bicyclic) bond motifs is 1. The van der Waals surface area contributed by atoms with Crippen molar-refractivity contribution >= 4 is 5.78 Å². The molecule has 0 amide bonds. The molecule has 1 saturated carbocycles. The van der Waals surface area contributed by atoms with Crippen molar-refractivity contribution < 1.29 is 23.7 Å². The zero-order chi connectivity index (χ0) is 17.9. The average molecular weight is 348 g/mol. The second kappa shape index (κ2) is 7.54. The highest BCUT2D eigenvalue weighted by molar-refractivity contribution is 5.77. The first-order chi connectivity index (χ1) is 11.9. The van der Waals surface area contributed by atoms with Crippen molar-refractivity contribution in [3.8, 4) is 0 Å².